The molecule has 0 aliphatic carbocycles. The van der Waals surface area contributed by atoms with Crippen LogP contribution in [0, 0.1) is 13.8 Å². The summed E-state index contributed by atoms with van der Waals surface area (Å²) in [5.41, 5.74) is 4.07. The lowest BCUT2D eigenvalue weighted by atomic mass is 10.2. The van der Waals surface area contributed by atoms with E-state index in [9.17, 15) is 0 Å². The first-order chi connectivity index (χ1) is 8.16. The Morgan fingerprint density at radius 3 is 2.76 bits per heavy atom. The fourth-order valence-electron chi connectivity index (χ4n) is 1.77. The lowest BCUT2D eigenvalue weighted by molar-refractivity contribution is 0.920. The smallest absolute Gasteiger partial charge is 0.155 e. The Bertz CT molecular complexity index is 699. The lowest BCUT2D eigenvalue weighted by Crippen LogP contribution is -1.94. The van der Waals surface area contributed by atoms with Crippen molar-refractivity contribution < 1.29 is 0 Å². The topological polar surface area (TPSA) is 30.2 Å². The van der Waals surface area contributed by atoms with Gasteiger partial charge < -0.3 is 0 Å². The van der Waals surface area contributed by atoms with E-state index in [1.165, 1.54) is 10.4 Å². The molecule has 0 fully saturated rings. The number of halogens is 1. The van der Waals surface area contributed by atoms with E-state index in [2.05, 4.69) is 44.4 Å². The van der Waals surface area contributed by atoms with Gasteiger partial charge in [0.1, 0.15) is 10.3 Å². The zero-order valence-corrected chi connectivity index (χ0v) is 11.8. The van der Waals surface area contributed by atoms with Crippen LogP contribution in [0.4, 0.5) is 0 Å². The predicted octanol–water partition coefficient (Wildman–Crippen LogP) is 3.84. The van der Waals surface area contributed by atoms with Gasteiger partial charge in [-0.1, -0.05) is 0 Å². The van der Waals surface area contributed by atoms with Crippen LogP contribution in [0.5, 0.6) is 0 Å². The molecule has 3 heterocycles. The van der Waals surface area contributed by atoms with Gasteiger partial charge in [-0.25, -0.2) is 9.50 Å². The molecule has 3 aromatic rings. The van der Waals surface area contributed by atoms with Gasteiger partial charge in [-0.3, -0.25) is 0 Å². The van der Waals surface area contributed by atoms with Crippen LogP contribution < -0.4 is 0 Å². The van der Waals surface area contributed by atoms with Crippen molar-refractivity contribution in [1.29, 1.82) is 0 Å². The monoisotopic (exact) mass is 307 g/mol. The molecule has 3 aromatic heterocycles. The minimum atomic E-state index is 0.868. The van der Waals surface area contributed by atoms with Crippen molar-refractivity contribution in [2.75, 3.05) is 0 Å². The summed E-state index contributed by atoms with van der Waals surface area (Å²) in [6, 6.07) is 6.13. The highest BCUT2D eigenvalue weighted by Crippen LogP contribution is 2.28. The first-order valence-electron chi connectivity index (χ1n) is 5.23. The number of aryl methyl sites for hydroxylation is 2. The Labute approximate surface area is 111 Å². The van der Waals surface area contributed by atoms with Crippen molar-refractivity contribution in [2.24, 2.45) is 0 Å². The summed E-state index contributed by atoms with van der Waals surface area (Å²) in [7, 11) is 0. The van der Waals surface area contributed by atoms with Crippen LogP contribution in [-0.4, -0.2) is 14.6 Å². The molecule has 0 aliphatic heterocycles. The second-order valence-electron chi connectivity index (χ2n) is 3.91. The van der Waals surface area contributed by atoms with E-state index in [1.54, 1.807) is 11.3 Å². The van der Waals surface area contributed by atoms with Gasteiger partial charge >= 0.3 is 0 Å². The van der Waals surface area contributed by atoms with E-state index < -0.39 is 0 Å². The van der Waals surface area contributed by atoms with Crippen LogP contribution in [0.15, 0.2) is 28.2 Å². The molecule has 0 unspecified atom stereocenters. The third-order valence-corrected chi connectivity index (χ3v) is 4.63. The SMILES string of the molecule is Cc1ccsc1-c1ccc2nc(C)c(Br)n2n1. The molecule has 0 aromatic carbocycles. The molecule has 0 radical (unpaired) electrons. The van der Waals surface area contributed by atoms with Gasteiger partial charge in [-0.15, -0.1) is 11.3 Å². The third kappa shape index (κ3) is 1.70. The molecule has 0 N–H and O–H groups in total. The summed E-state index contributed by atoms with van der Waals surface area (Å²) in [4.78, 5) is 5.63. The summed E-state index contributed by atoms with van der Waals surface area (Å²) in [5.74, 6) is 0. The average molecular weight is 308 g/mol. The second kappa shape index (κ2) is 3.92. The molecule has 0 amide bonds. The second-order valence-corrected chi connectivity index (χ2v) is 5.58. The van der Waals surface area contributed by atoms with Crippen molar-refractivity contribution in [2.45, 2.75) is 13.8 Å². The summed E-state index contributed by atoms with van der Waals surface area (Å²) >= 11 is 5.22. The minimum absolute atomic E-state index is 0.868. The molecule has 17 heavy (non-hydrogen) atoms. The molecule has 0 saturated carbocycles. The Kier molecular flexibility index (Phi) is 2.52. The maximum absolute atomic E-state index is 4.62. The first-order valence-corrected chi connectivity index (χ1v) is 6.90. The number of nitrogens with zero attached hydrogens (tertiary/aromatic N) is 3. The largest absolute Gasteiger partial charge is 0.231 e. The number of hydrogen-bond acceptors (Lipinski definition) is 3. The van der Waals surface area contributed by atoms with Gasteiger partial charge in [0.05, 0.1) is 10.6 Å². The Morgan fingerprint density at radius 2 is 2.06 bits per heavy atom. The van der Waals surface area contributed by atoms with Crippen molar-refractivity contribution in [3.63, 3.8) is 0 Å². The summed E-state index contributed by atoms with van der Waals surface area (Å²) < 4.78 is 2.76. The van der Waals surface area contributed by atoms with E-state index in [4.69, 9.17) is 0 Å². The van der Waals surface area contributed by atoms with E-state index in [0.29, 0.717) is 0 Å². The van der Waals surface area contributed by atoms with Crippen LogP contribution in [0.2, 0.25) is 0 Å². The third-order valence-electron chi connectivity index (χ3n) is 2.68. The van der Waals surface area contributed by atoms with E-state index in [0.717, 1.165) is 21.6 Å². The molecule has 0 saturated heterocycles. The number of fused-ring (bicyclic) bond motifs is 1. The van der Waals surface area contributed by atoms with E-state index >= 15 is 0 Å². The van der Waals surface area contributed by atoms with Crippen molar-refractivity contribution in [3.05, 3.63) is 39.4 Å². The van der Waals surface area contributed by atoms with Gasteiger partial charge in [-0.05, 0) is 58.9 Å². The van der Waals surface area contributed by atoms with E-state index in [1.807, 2.05) is 23.6 Å². The molecule has 0 bridgehead atoms. The zero-order valence-electron chi connectivity index (χ0n) is 9.44. The molecule has 3 rings (SSSR count). The van der Waals surface area contributed by atoms with E-state index in [-0.39, 0.29) is 0 Å². The number of rotatable bonds is 1. The van der Waals surface area contributed by atoms with Crippen LogP contribution in [-0.2, 0) is 0 Å². The maximum atomic E-state index is 4.62. The molecule has 0 spiro atoms. The number of imidazole rings is 1. The molecule has 5 heteroatoms. The number of thiophene rings is 1. The van der Waals surface area contributed by atoms with Gasteiger partial charge in [0.2, 0.25) is 0 Å². The molecular weight excluding hydrogens is 298 g/mol. The summed E-state index contributed by atoms with van der Waals surface area (Å²) in [6.07, 6.45) is 0. The Hall–Kier alpha value is -1.20. The van der Waals surface area contributed by atoms with Gasteiger partial charge in [-0.2, -0.15) is 5.10 Å². The van der Waals surface area contributed by atoms with Crippen LogP contribution in [0.1, 0.15) is 11.3 Å². The van der Waals surface area contributed by atoms with Gasteiger partial charge in [0.15, 0.2) is 5.65 Å². The molecule has 0 aliphatic rings. The fourth-order valence-corrected chi connectivity index (χ4v) is 3.01. The Morgan fingerprint density at radius 1 is 1.24 bits per heavy atom. The number of hydrogen-bond donors (Lipinski definition) is 0. The quantitative estimate of drug-likeness (QED) is 0.684. The average Bonchev–Trinajstić information content (AvgIpc) is 2.85. The molecule has 3 nitrogen and oxygen atoms in total. The normalized spacial score (nSPS) is 11.2. The highest BCUT2D eigenvalue weighted by atomic mass is 79.9. The van der Waals surface area contributed by atoms with Crippen molar-refractivity contribution in [3.8, 4) is 10.6 Å². The molecule has 0 atom stereocenters. The Balaban J connectivity index is 2.26. The molecule has 86 valence electrons. The summed E-state index contributed by atoms with van der Waals surface area (Å²) in [5, 5.41) is 6.70. The van der Waals surface area contributed by atoms with Crippen LogP contribution in [0.25, 0.3) is 16.2 Å². The standard InChI is InChI=1S/C12H10BrN3S/c1-7-5-6-17-11(7)9-3-4-10-14-8(2)12(13)16(10)15-9/h3-6H,1-2H3. The summed E-state index contributed by atoms with van der Waals surface area (Å²) in [6.45, 7) is 4.07. The predicted molar refractivity (Wildman–Crippen MR) is 73.5 cm³/mol. The highest BCUT2D eigenvalue weighted by Gasteiger charge is 2.10. The van der Waals surface area contributed by atoms with Crippen molar-refractivity contribution >= 4 is 32.9 Å². The minimum Gasteiger partial charge on any atom is -0.231 e. The van der Waals surface area contributed by atoms with Crippen molar-refractivity contribution in [1.82, 2.24) is 14.6 Å². The highest BCUT2D eigenvalue weighted by molar-refractivity contribution is 9.10. The lowest BCUT2D eigenvalue weighted by Gasteiger charge is -2.00. The van der Waals surface area contributed by atoms with Crippen LogP contribution >= 0.6 is 27.3 Å². The first kappa shape index (κ1) is 10.9. The van der Waals surface area contributed by atoms with Gasteiger partial charge in [0, 0.05) is 0 Å². The molecular formula is C12H10BrN3S. The van der Waals surface area contributed by atoms with Crippen LogP contribution in [0.3, 0.4) is 0 Å². The number of aromatic nitrogens is 3. The fraction of sp³-hybridized carbons (Fsp3) is 0.167. The maximum Gasteiger partial charge on any atom is 0.155 e. The zero-order chi connectivity index (χ0) is 12.0. The van der Waals surface area contributed by atoms with Gasteiger partial charge in [0.25, 0.3) is 0 Å².